The first-order valence-electron chi connectivity index (χ1n) is 6.24. The summed E-state index contributed by atoms with van der Waals surface area (Å²) in [7, 11) is 0. The van der Waals surface area contributed by atoms with Crippen molar-refractivity contribution in [3.8, 4) is 0 Å². The van der Waals surface area contributed by atoms with E-state index in [2.05, 4.69) is 77.6 Å². The van der Waals surface area contributed by atoms with Crippen molar-refractivity contribution >= 4 is 15.9 Å². The normalized spacial score (nSPS) is 14.2. The Morgan fingerprint density at radius 3 is 2.11 bits per heavy atom. The summed E-state index contributed by atoms with van der Waals surface area (Å²) in [5.74, 6) is 0. The van der Waals surface area contributed by atoms with Crippen LogP contribution in [0.5, 0.6) is 0 Å². The van der Waals surface area contributed by atoms with Gasteiger partial charge >= 0.3 is 0 Å². The lowest BCUT2D eigenvalue weighted by molar-refractivity contribution is 0.493. The molecule has 0 bridgehead atoms. The van der Waals surface area contributed by atoms with E-state index in [0.29, 0.717) is 12.1 Å². The fourth-order valence-corrected chi connectivity index (χ4v) is 2.76. The van der Waals surface area contributed by atoms with Crippen molar-refractivity contribution in [3.63, 3.8) is 0 Å². The predicted molar refractivity (Wildman–Crippen MR) is 80.5 cm³/mol. The summed E-state index contributed by atoms with van der Waals surface area (Å²) in [4.78, 5) is 0. The van der Waals surface area contributed by atoms with Gasteiger partial charge in [0.1, 0.15) is 0 Å². The first-order valence-corrected chi connectivity index (χ1v) is 7.03. The van der Waals surface area contributed by atoms with Crippen molar-refractivity contribution in [1.29, 1.82) is 0 Å². The molecule has 0 radical (unpaired) electrons. The van der Waals surface area contributed by atoms with Gasteiger partial charge in [-0.3, -0.25) is 0 Å². The zero-order valence-electron chi connectivity index (χ0n) is 10.7. The summed E-state index contributed by atoms with van der Waals surface area (Å²) >= 11 is 3.60. The summed E-state index contributed by atoms with van der Waals surface area (Å²) in [6, 6.07) is 19.5. The van der Waals surface area contributed by atoms with Crippen LogP contribution < -0.4 is 5.32 Å². The molecule has 1 N–H and O–H groups in total. The summed E-state index contributed by atoms with van der Waals surface area (Å²) in [5, 5.41) is 3.62. The second-order valence-corrected chi connectivity index (χ2v) is 5.40. The number of hydrogen-bond acceptors (Lipinski definition) is 1. The highest BCUT2D eigenvalue weighted by atomic mass is 79.9. The number of rotatable bonds is 4. The van der Waals surface area contributed by atoms with Gasteiger partial charge in [-0.2, -0.15) is 0 Å². The lowest BCUT2D eigenvalue weighted by atomic mass is 10.0. The third-order valence-electron chi connectivity index (χ3n) is 3.17. The molecule has 0 aliphatic carbocycles. The smallest absolute Gasteiger partial charge is 0.0308 e. The van der Waals surface area contributed by atoms with E-state index in [-0.39, 0.29) is 0 Å². The Hall–Kier alpha value is -1.12. The molecule has 2 heteroatoms. The average molecular weight is 304 g/mol. The molecule has 0 aliphatic heterocycles. The minimum absolute atomic E-state index is 0.316. The van der Waals surface area contributed by atoms with E-state index in [9.17, 15) is 0 Å². The van der Waals surface area contributed by atoms with Crippen molar-refractivity contribution in [2.24, 2.45) is 0 Å². The quantitative estimate of drug-likeness (QED) is 0.850. The number of halogens is 1. The Kier molecular flexibility index (Phi) is 4.56. The van der Waals surface area contributed by atoms with Crippen molar-refractivity contribution in [1.82, 2.24) is 5.32 Å². The van der Waals surface area contributed by atoms with Gasteiger partial charge in [0.05, 0.1) is 0 Å². The van der Waals surface area contributed by atoms with Crippen LogP contribution in [0.1, 0.15) is 37.1 Å². The maximum Gasteiger partial charge on any atom is 0.0308 e. The van der Waals surface area contributed by atoms with Crippen LogP contribution in [0, 0.1) is 0 Å². The maximum atomic E-state index is 3.62. The summed E-state index contributed by atoms with van der Waals surface area (Å²) in [6.45, 7) is 4.39. The van der Waals surface area contributed by atoms with Crippen molar-refractivity contribution in [3.05, 3.63) is 70.2 Å². The second kappa shape index (κ2) is 6.17. The molecular formula is C16H18BrN. The first-order chi connectivity index (χ1) is 8.68. The molecule has 0 fully saturated rings. The van der Waals surface area contributed by atoms with Gasteiger partial charge < -0.3 is 5.32 Å². The highest BCUT2D eigenvalue weighted by Gasteiger charge is 2.12. The number of hydrogen-bond donors (Lipinski definition) is 1. The summed E-state index contributed by atoms with van der Waals surface area (Å²) < 4.78 is 1.16. The predicted octanol–water partition coefficient (Wildman–Crippen LogP) is 4.86. The zero-order chi connectivity index (χ0) is 13.0. The van der Waals surface area contributed by atoms with Crippen LogP contribution in [0.25, 0.3) is 0 Å². The molecule has 0 saturated carbocycles. The molecule has 2 aromatic rings. The average Bonchev–Trinajstić information content (AvgIpc) is 2.40. The lowest BCUT2D eigenvalue weighted by Crippen LogP contribution is -2.22. The van der Waals surface area contributed by atoms with Crippen LogP contribution in [0.2, 0.25) is 0 Å². The molecule has 2 atom stereocenters. The molecule has 2 aromatic carbocycles. The fourth-order valence-electron chi connectivity index (χ4n) is 2.13. The van der Waals surface area contributed by atoms with Gasteiger partial charge in [0.2, 0.25) is 0 Å². The Morgan fingerprint density at radius 1 is 0.833 bits per heavy atom. The van der Waals surface area contributed by atoms with E-state index in [1.54, 1.807) is 0 Å². The minimum Gasteiger partial charge on any atom is -0.304 e. The molecule has 0 amide bonds. The monoisotopic (exact) mass is 303 g/mol. The molecule has 0 aromatic heterocycles. The van der Waals surface area contributed by atoms with Crippen molar-refractivity contribution in [2.75, 3.05) is 0 Å². The Bertz CT molecular complexity index is 495. The largest absolute Gasteiger partial charge is 0.304 e. The van der Waals surface area contributed by atoms with Gasteiger partial charge in [-0.05, 0) is 31.0 Å². The molecule has 0 aliphatic rings. The van der Waals surface area contributed by atoms with Crippen LogP contribution >= 0.6 is 15.9 Å². The minimum atomic E-state index is 0.316. The highest BCUT2D eigenvalue weighted by Crippen LogP contribution is 2.25. The van der Waals surface area contributed by atoms with E-state index < -0.39 is 0 Å². The van der Waals surface area contributed by atoms with Crippen LogP contribution in [-0.4, -0.2) is 0 Å². The number of benzene rings is 2. The Morgan fingerprint density at radius 2 is 1.44 bits per heavy atom. The zero-order valence-corrected chi connectivity index (χ0v) is 12.3. The molecule has 2 rings (SSSR count). The van der Waals surface area contributed by atoms with Gasteiger partial charge in [0.25, 0.3) is 0 Å². The molecule has 1 unspecified atom stereocenters. The summed E-state index contributed by atoms with van der Waals surface area (Å²) in [6.07, 6.45) is 0. The molecule has 0 saturated heterocycles. The van der Waals surface area contributed by atoms with Crippen LogP contribution in [0.3, 0.4) is 0 Å². The molecule has 94 valence electrons. The van der Waals surface area contributed by atoms with Crippen molar-refractivity contribution in [2.45, 2.75) is 25.9 Å². The molecule has 18 heavy (non-hydrogen) atoms. The van der Waals surface area contributed by atoms with E-state index in [0.717, 1.165) is 4.47 Å². The van der Waals surface area contributed by atoms with Gasteiger partial charge in [-0.25, -0.2) is 0 Å². The number of nitrogens with one attached hydrogen (secondary N) is 1. The maximum absolute atomic E-state index is 3.62. The lowest BCUT2D eigenvalue weighted by Gasteiger charge is -2.21. The Balaban J connectivity index is 2.08. The molecule has 0 spiro atoms. The standard InChI is InChI=1S/C16H18BrN/c1-12(14-8-4-3-5-9-14)18-13(2)15-10-6-7-11-16(15)17/h3-13,18H,1-2H3/t12?,13-/m1/s1. The fraction of sp³-hybridized carbons (Fsp3) is 0.250. The first kappa shape index (κ1) is 13.3. The van der Waals surface area contributed by atoms with E-state index >= 15 is 0 Å². The van der Waals surface area contributed by atoms with Crippen LogP contribution in [0.15, 0.2) is 59.1 Å². The van der Waals surface area contributed by atoms with Gasteiger partial charge in [0.15, 0.2) is 0 Å². The van der Waals surface area contributed by atoms with E-state index in [1.165, 1.54) is 11.1 Å². The SMILES string of the molecule is CC(N[C@H](C)c1ccccc1Br)c1ccccc1. The van der Waals surface area contributed by atoms with E-state index in [1.807, 2.05) is 12.1 Å². The summed E-state index contributed by atoms with van der Waals surface area (Å²) in [5.41, 5.74) is 2.61. The topological polar surface area (TPSA) is 12.0 Å². The molecule has 0 heterocycles. The molecule has 1 nitrogen and oxygen atoms in total. The third kappa shape index (κ3) is 3.21. The van der Waals surface area contributed by atoms with Crippen LogP contribution in [-0.2, 0) is 0 Å². The van der Waals surface area contributed by atoms with Crippen molar-refractivity contribution < 1.29 is 0 Å². The van der Waals surface area contributed by atoms with Gasteiger partial charge in [0, 0.05) is 16.6 Å². The third-order valence-corrected chi connectivity index (χ3v) is 3.89. The Labute approximate surface area is 117 Å². The van der Waals surface area contributed by atoms with Gasteiger partial charge in [-0.1, -0.05) is 64.5 Å². The highest BCUT2D eigenvalue weighted by molar-refractivity contribution is 9.10. The van der Waals surface area contributed by atoms with Crippen LogP contribution in [0.4, 0.5) is 0 Å². The second-order valence-electron chi connectivity index (χ2n) is 4.54. The van der Waals surface area contributed by atoms with E-state index in [4.69, 9.17) is 0 Å². The molecular weight excluding hydrogens is 286 g/mol. The van der Waals surface area contributed by atoms with Gasteiger partial charge in [-0.15, -0.1) is 0 Å².